The summed E-state index contributed by atoms with van der Waals surface area (Å²) in [4.78, 5) is 9.90. The first-order valence-electron chi connectivity index (χ1n) is 3.33. The molecule has 0 fully saturated rings. The number of hydrogen-bond donors (Lipinski definition) is 5. The van der Waals surface area contributed by atoms with Crippen LogP contribution in [0.3, 0.4) is 0 Å². The van der Waals surface area contributed by atoms with Gasteiger partial charge in [-0.1, -0.05) is 0 Å². The van der Waals surface area contributed by atoms with Crippen LogP contribution in [0.25, 0.3) is 0 Å². The molecular weight excluding hydrogens is 237 g/mol. The standard InChI is InChI=1S/C6H12O6.3Na/c7-1-3(9)5(11)6(12)4(10)2-8;;;/h1,3-6,8-12H,2H2;;;/t3-,4+,5+,6+;;;/m0.../s1. The second kappa shape index (κ2) is 14.5. The molecule has 0 aliphatic rings. The largest absolute Gasteiger partial charge is 0.394 e. The fourth-order valence-electron chi connectivity index (χ4n) is 0.618. The molecule has 0 aromatic rings. The second-order valence-electron chi connectivity index (χ2n) is 2.36. The zero-order valence-corrected chi connectivity index (χ0v) is 15.2. The molecular formula is C6H12Na3O6. The molecule has 15 heavy (non-hydrogen) atoms. The van der Waals surface area contributed by atoms with E-state index in [1.54, 1.807) is 0 Å². The van der Waals surface area contributed by atoms with Crippen LogP contribution in [0.2, 0.25) is 0 Å². The third-order valence-corrected chi connectivity index (χ3v) is 1.42. The molecule has 0 heterocycles. The van der Waals surface area contributed by atoms with Crippen molar-refractivity contribution in [1.29, 1.82) is 0 Å². The Morgan fingerprint density at radius 2 is 1.33 bits per heavy atom. The van der Waals surface area contributed by atoms with Crippen LogP contribution in [-0.4, -0.2) is 152 Å². The van der Waals surface area contributed by atoms with Crippen molar-refractivity contribution < 1.29 is 30.3 Å². The van der Waals surface area contributed by atoms with E-state index < -0.39 is 31.0 Å². The summed E-state index contributed by atoms with van der Waals surface area (Å²) in [6.45, 7) is -0.760. The molecule has 6 nitrogen and oxygen atoms in total. The molecule has 0 aromatic carbocycles. The number of carbonyl (C=O) groups is 1. The number of aliphatic hydroxyl groups excluding tert-OH is 5. The van der Waals surface area contributed by atoms with Crippen LogP contribution in [0.1, 0.15) is 0 Å². The second-order valence-corrected chi connectivity index (χ2v) is 2.36. The van der Waals surface area contributed by atoms with Crippen molar-refractivity contribution in [3.8, 4) is 0 Å². The minimum atomic E-state index is -1.79. The maximum absolute atomic E-state index is 9.90. The van der Waals surface area contributed by atoms with E-state index >= 15 is 0 Å². The van der Waals surface area contributed by atoms with E-state index in [-0.39, 0.29) is 95.0 Å². The third-order valence-electron chi connectivity index (χ3n) is 1.42. The summed E-state index contributed by atoms with van der Waals surface area (Å²) in [6.07, 6.45) is -6.84. The average molecular weight is 249 g/mol. The Balaban J connectivity index is -0.000000202. The summed E-state index contributed by atoms with van der Waals surface area (Å²) in [5.74, 6) is 0. The van der Waals surface area contributed by atoms with Crippen molar-refractivity contribution in [3.63, 3.8) is 0 Å². The predicted octanol–water partition coefficient (Wildman–Crippen LogP) is -4.52. The number of rotatable bonds is 5. The molecule has 0 saturated heterocycles. The topological polar surface area (TPSA) is 118 Å². The average Bonchev–Trinajstić information content (AvgIpc) is 2.12. The van der Waals surface area contributed by atoms with Gasteiger partial charge in [-0.2, -0.15) is 0 Å². The van der Waals surface area contributed by atoms with Crippen molar-refractivity contribution in [2.75, 3.05) is 6.61 Å². The first-order chi connectivity index (χ1) is 5.54. The SMILES string of the molecule is O=C[C@H](O)[C@@H](O)[C@H](O)[C@H](O)CO.[Na].[Na].[Na]. The van der Waals surface area contributed by atoms with Gasteiger partial charge >= 0.3 is 0 Å². The Kier molecular flexibility index (Phi) is 25.3. The Hall–Kier alpha value is 2.47. The molecule has 75 valence electrons. The molecule has 3 radical (unpaired) electrons. The number of aldehydes is 1. The van der Waals surface area contributed by atoms with Gasteiger partial charge in [-0.15, -0.1) is 0 Å². The summed E-state index contributed by atoms with van der Waals surface area (Å²) < 4.78 is 0. The van der Waals surface area contributed by atoms with Crippen LogP contribution in [0.5, 0.6) is 0 Å². The molecule has 0 unspecified atom stereocenters. The Bertz CT molecular complexity index is 149. The van der Waals surface area contributed by atoms with Crippen molar-refractivity contribution in [2.24, 2.45) is 0 Å². The van der Waals surface area contributed by atoms with E-state index in [2.05, 4.69) is 0 Å². The molecule has 9 heteroatoms. The van der Waals surface area contributed by atoms with Gasteiger partial charge in [-0.25, -0.2) is 0 Å². The van der Waals surface area contributed by atoms with E-state index in [0.29, 0.717) is 0 Å². The van der Waals surface area contributed by atoms with Crippen molar-refractivity contribution in [1.82, 2.24) is 0 Å². The first-order valence-corrected chi connectivity index (χ1v) is 3.33. The Morgan fingerprint density at radius 3 is 1.60 bits per heavy atom. The zero-order chi connectivity index (χ0) is 9.72. The van der Waals surface area contributed by atoms with E-state index in [0.717, 1.165) is 0 Å². The van der Waals surface area contributed by atoms with Crippen LogP contribution in [0, 0.1) is 0 Å². The van der Waals surface area contributed by atoms with Crippen molar-refractivity contribution >= 4 is 95.0 Å². The molecule has 4 atom stereocenters. The van der Waals surface area contributed by atoms with Crippen molar-refractivity contribution in [2.45, 2.75) is 24.4 Å². The fourth-order valence-corrected chi connectivity index (χ4v) is 0.618. The number of hydrogen-bond acceptors (Lipinski definition) is 6. The molecule has 0 saturated carbocycles. The monoisotopic (exact) mass is 249 g/mol. The summed E-state index contributed by atoms with van der Waals surface area (Å²) in [5, 5.41) is 43.5. The van der Waals surface area contributed by atoms with E-state index in [4.69, 9.17) is 25.5 Å². The smallest absolute Gasteiger partial charge is 0.151 e. The Labute approximate surface area is 154 Å². The quantitative estimate of drug-likeness (QED) is 0.247. The van der Waals surface area contributed by atoms with Crippen LogP contribution in [0.15, 0.2) is 0 Å². The van der Waals surface area contributed by atoms with Gasteiger partial charge in [0.05, 0.1) is 6.61 Å². The first kappa shape index (κ1) is 26.1. The van der Waals surface area contributed by atoms with Gasteiger partial charge in [0, 0.05) is 88.7 Å². The fraction of sp³-hybridized carbons (Fsp3) is 0.833. The summed E-state index contributed by atoms with van der Waals surface area (Å²) >= 11 is 0. The molecule has 0 amide bonds. The van der Waals surface area contributed by atoms with Gasteiger partial charge in [0.1, 0.15) is 24.4 Å². The Morgan fingerprint density at radius 1 is 0.933 bits per heavy atom. The predicted molar refractivity (Wildman–Crippen MR) is 54.4 cm³/mol. The van der Waals surface area contributed by atoms with Crippen molar-refractivity contribution in [3.05, 3.63) is 0 Å². The van der Waals surface area contributed by atoms with E-state index in [9.17, 15) is 4.79 Å². The van der Waals surface area contributed by atoms with E-state index in [1.807, 2.05) is 0 Å². The molecule has 5 N–H and O–H groups in total. The van der Waals surface area contributed by atoms with Crippen LogP contribution < -0.4 is 0 Å². The zero-order valence-electron chi connectivity index (χ0n) is 9.24. The number of carbonyl (C=O) groups excluding carboxylic acids is 1. The third kappa shape index (κ3) is 10.1. The maximum Gasteiger partial charge on any atom is 0.151 e. The summed E-state index contributed by atoms with van der Waals surface area (Å²) in [6, 6.07) is 0. The molecule has 0 bridgehead atoms. The summed E-state index contributed by atoms with van der Waals surface area (Å²) in [5.41, 5.74) is 0. The van der Waals surface area contributed by atoms with Gasteiger partial charge < -0.3 is 30.3 Å². The molecule has 0 aliphatic heterocycles. The van der Waals surface area contributed by atoms with Crippen LogP contribution in [0.4, 0.5) is 0 Å². The molecule has 0 aromatic heterocycles. The van der Waals surface area contributed by atoms with Gasteiger partial charge in [0.2, 0.25) is 0 Å². The van der Waals surface area contributed by atoms with E-state index in [1.165, 1.54) is 0 Å². The van der Waals surface area contributed by atoms with Crippen LogP contribution >= 0.6 is 0 Å². The molecule has 0 aliphatic carbocycles. The van der Waals surface area contributed by atoms with Gasteiger partial charge in [0.15, 0.2) is 6.29 Å². The molecule has 0 rings (SSSR count). The maximum atomic E-state index is 9.90. The van der Waals surface area contributed by atoms with Gasteiger partial charge in [-0.05, 0) is 0 Å². The molecule has 0 spiro atoms. The minimum absolute atomic E-state index is 0. The number of aliphatic hydroxyl groups is 5. The van der Waals surface area contributed by atoms with Crippen LogP contribution in [-0.2, 0) is 4.79 Å². The van der Waals surface area contributed by atoms with Gasteiger partial charge in [-0.3, -0.25) is 0 Å². The summed E-state index contributed by atoms with van der Waals surface area (Å²) in [7, 11) is 0. The van der Waals surface area contributed by atoms with Gasteiger partial charge in [0.25, 0.3) is 0 Å². The normalized spacial score (nSPS) is 16.9. The minimum Gasteiger partial charge on any atom is -0.394 e.